The van der Waals surface area contributed by atoms with Gasteiger partial charge in [-0.05, 0) is 63.7 Å². The molecule has 0 saturated carbocycles. The number of carbonyl (C=O) groups is 1. The highest BCUT2D eigenvalue weighted by molar-refractivity contribution is 9.13. The van der Waals surface area contributed by atoms with Gasteiger partial charge in [-0.3, -0.25) is 4.79 Å². The Bertz CT molecular complexity index is 424. The van der Waals surface area contributed by atoms with Crippen molar-refractivity contribution in [1.29, 1.82) is 0 Å². The van der Waals surface area contributed by atoms with E-state index in [1.165, 1.54) is 24.2 Å². The molecule has 1 aromatic heterocycles. The summed E-state index contributed by atoms with van der Waals surface area (Å²) in [5.74, 6) is 0.145. The van der Waals surface area contributed by atoms with E-state index in [9.17, 15) is 4.79 Å². The van der Waals surface area contributed by atoms with E-state index < -0.39 is 0 Å². The van der Waals surface area contributed by atoms with Crippen molar-refractivity contribution < 1.29 is 4.79 Å². The van der Waals surface area contributed by atoms with Gasteiger partial charge in [0.05, 0.1) is 8.66 Å². The first-order valence-corrected chi connectivity index (χ1v) is 8.99. The molecule has 19 heavy (non-hydrogen) atoms. The molecule has 1 atom stereocenters. The number of nitrogens with zero attached hydrogens (tertiary/aromatic N) is 1. The molecule has 3 nitrogen and oxygen atoms in total. The first-order chi connectivity index (χ1) is 9.11. The lowest BCUT2D eigenvalue weighted by molar-refractivity contribution is 0.0746. The zero-order chi connectivity index (χ0) is 13.8. The van der Waals surface area contributed by atoms with E-state index in [0.717, 1.165) is 39.2 Å². The number of thiophene rings is 1. The standard InChI is InChI=1S/C13H18Br2N2OS/c1-2-6-17(8-9-4-3-5-16-9)13(18)11-7-10(14)12(15)19-11/h7,9,16H,2-6,8H2,1H3. The van der Waals surface area contributed by atoms with Crippen LogP contribution in [-0.4, -0.2) is 36.5 Å². The lowest BCUT2D eigenvalue weighted by atomic mass is 10.2. The normalized spacial score (nSPS) is 18.8. The number of nitrogens with one attached hydrogen (secondary N) is 1. The van der Waals surface area contributed by atoms with E-state index >= 15 is 0 Å². The zero-order valence-electron chi connectivity index (χ0n) is 10.9. The third kappa shape index (κ3) is 4.03. The lowest BCUT2D eigenvalue weighted by Crippen LogP contribution is -2.41. The van der Waals surface area contributed by atoms with Crippen molar-refractivity contribution in [2.75, 3.05) is 19.6 Å². The summed E-state index contributed by atoms with van der Waals surface area (Å²) in [5.41, 5.74) is 0. The predicted octanol–water partition coefficient (Wildman–Crippen LogP) is 3.88. The molecule has 0 spiro atoms. The molecule has 1 unspecified atom stereocenters. The van der Waals surface area contributed by atoms with Gasteiger partial charge in [-0.15, -0.1) is 11.3 Å². The van der Waals surface area contributed by atoms with Crippen LogP contribution in [0.3, 0.4) is 0 Å². The number of halogens is 2. The van der Waals surface area contributed by atoms with Gasteiger partial charge in [-0.1, -0.05) is 6.92 Å². The number of carbonyl (C=O) groups excluding carboxylic acids is 1. The second-order valence-corrected chi connectivity index (χ2v) is 8.00. The van der Waals surface area contributed by atoms with Gasteiger partial charge in [0.15, 0.2) is 0 Å². The summed E-state index contributed by atoms with van der Waals surface area (Å²) in [6.07, 6.45) is 3.38. The van der Waals surface area contributed by atoms with E-state index in [0.29, 0.717) is 6.04 Å². The van der Waals surface area contributed by atoms with Crippen LogP contribution in [0.25, 0.3) is 0 Å². The van der Waals surface area contributed by atoms with Gasteiger partial charge in [0.1, 0.15) is 0 Å². The molecule has 1 aromatic rings. The van der Waals surface area contributed by atoms with Gasteiger partial charge >= 0.3 is 0 Å². The fraction of sp³-hybridized carbons (Fsp3) is 0.615. The number of hydrogen-bond donors (Lipinski definition) is 1. The molecule has 0 radical (unpaired) electrons. The molecule has 106 valence electrons. The van der Waals surface area contributed by atoms with Crippen LogP contribution in [0.15, 0.2) is 14.3 Å². The Balaban J connectivity index is 2.06. The highest BCUT2D eigenvalue weighted by atomic mass is 79.9. The van der Waals surface area contributed by atoms with E-state index in [2.05, 4.69) is 44.1 Å². The zero-order valence-corrected chi connectivity index (χ0v) is 14.9. The molecule has 1 N–H and O–H groups in total. The van der Waals surface area contributed by atoms with Gasteiger partial charge in [0, 0.05) is 23.6 Å². The van der Waals surface area contributed by atoms with E-state index in [-0.39, 0.29) is 5.91 Å². The molecular formula is C13H18Br2N2OS. The van der Waals surface area contributed by atoms with Crippen LogP contribution in [0.4, 0.5) is 0 Å². The van der Waals surface area contributed by atoms with E-state index in [4.69, 9.17) is 0 Å². The number of hydrogen-bond acceptors (Lipinski definition) is 3. The van der Waals surface area contributed by atoms with Crippen molar-refractivity contribution in [1.82, 2.24) is 10.2 Å². The molecule has 1 aliphatic heterocycles. The highest BCUT2D eigenvalue weighted by Crippen LogP contribution is 2.33. The molecule has 0 aromatic carbocycles. The van der Waals surface area contributed by atoms with E-state index in [1.807, 2.05) is 11.0 Å². The third-order valence-corrected chi connectivity index (χ3v) is 6.48. The minimum atomic E-state index is 0.145. The molecule has 2 heterocycles. The van der Waals surface area contributed by atoms with Crippen LogP contribution in [0, 0.1) is 0 Å². The number of rotatable bonds is 5. The second kappa shape index (κ2) is 7.20. The molecule has 1 fully saturated rings. The Labute approximate surface area is 135 Å². The van der Waals surface area contributed by atoms with Crippen LogP contribution in [0.5, 0.6) is 0 Å². The average molecular weight is 410 g/mol. The first kappa shape index (κ1) is 15.5. The summed E-state index contributed by atoms with van der Waals surface area (Å²) in [4.78, 5) is 15.3. The highest BCUT2D eigenvalue weighted by Gasteiger charge is 2.23. The Morgan fingerprint density at radius 2 is 2.37 bits per heavy atom. The van der Waals surface area contributed by atoms with Crippen molar-refractivity contribution in [2.45, 2.75) is 32.2 Å². The first-order valence-electron chi connectivity index (χ1n) is 6.59. The van der Waals surface area contributed by atoms with Crippen LogP contribution in [0.1, 0.15) is 35.9 Å². The molecular weight excluding hydrogens is 392 g/mol. The Morgan fingerprint density at radius 1 is 1.58 bits per heavy atom. The van der Waals surface area contributed by atoms with Crippen LogP contribution in [-0.2, 0) is 0 Å². The maximum atomic E-state index is 12.6. The van der Waals surface area contributed by atoms with E-state index in [1.54, 1.807) is 0 Å². The summed E-state index contributed by atoms with van der Waals surface area (Å²) in [5, 5.41) is 3.46. The summed E-state index contributed by atoms with van der Waals surface area (Å²) in [6, 6.07) is 2.37. The van der Waals surface area contributed by atoms with Crippen molar-refractivity contribution in [3.8, 4) is 0 Å². The SMILES string of the molecule is CCCN(CC1CCCN1)C(=O)c1cc(Br)c(Br)s1. The Hall–Kier alpha value is 0.0900. The van der Waals surface area contributed by atoms with Crippen LogP contribution >= 0.6 is 43.2 Å². The maximum Gasteiger partial charge on any atom is 0.264 e. The molecule has 1 amide bonds. The minimum Gasteiger partial charge on any atom is -0.336 e. The van der Waals surface area contributed by atoms with Crippen molar-refractivity contribution >= 4 is 49.1 Å². The van der Waals surface area contributed by atoms with Crippen molar-refractivity contribution in [2.24, 2.45) is 0 Å². The lowest BCUT2D eigenvalue weighted by Gasteiger charge is -2.25. The fourth-order valence-electron chi connectivity index (χ4n) is 2.33. The predicted molar refractivity (Wildman–Crippen MR) is 86.9 cm³/mol. The molecule has 1 saturated heterocycles. The molecule has 1 aliphatic rings. The molecule has 0 aliphatic carbocycles. The third-order valence-electron chi connectivity index (χ3n) is 3.24. The average Bonchev–Trinajstić information content (AvgIpc) is 2.99. The van der Waals surface area contributed by atoms with Crippen LogP contribution < -0.4 is 5.32 Å². The van der Waals surface area contributed by atoms with Gasteiger partial charge in [0.25, 0.3) is 5.91 Å². The van der Waals surface area contributed by atoms with Crippen molar-refractivity contribution in [3.05, 3.63) is 19.2 Å². The fourth-order valence-corrected chi connectivity index (χ4v) is 4.34. The molecule has 0 bridgehead atoms. The minimum absolute atomic E-state index is 0.145. The topological polar surface area (TPSA) is 32.3 Å². The van der Waals surface area contributed by atoms with Gasteiger partial charge in [-0.2, -0.15) is 0 Å². The number of amides is 1. The molecule has 6 heteroatoms. The van der Waals surface area contributed by atoms with Crippen LogP contribution in [0.2, 0.25) is 0 Å². The van der Waals surface area contributed by atoms with Gasteiger partial charge in [-0.25, -0.2) is 0 Å². The smallest absolute Gasteiger partial charge is 0.264 e. The Morgan fingerprint density at radius 3 is 2.89 bits per heavy atom. The quantitative estimate of drug-likeness (QED) is 0.800. The monoisotopic (exact) mass is 408 g/mol. The maximum absolute atomic E-state index is 12.6. The van der Waals surface area contributed by atoms with Gasteiger partial charge in [0.2, 0.25) is 0 Å². The summed E-state index contributed by atoms with van der Waals surface area (Å²) in [6.45, 7) is 4.83. The Kier molecular flexibility index (Phi) is 5.87. The molecule has 2 rings (SSSR count). The summed E-state index contributed by atoms with van der Waals surface area (Å²) >= 11 is 8.38. The summed E-state index contributed by atoms with van der Waals surface area (Å²) < 4.78 is 1.93. The van der Waals surface area contributed by atoms with Crippen molar-refractivity contribution in [3.63, 3.8) is 0 Å². The largest absolute Gasteiger partial charge is 0.336 e. The second-order valence-electron chi connectivity index (χ2n) is 4.78. The van der Waals surface area contributed by atoms with Gasteiger partial charge < -0.3 is 10.2 Å². The summed E-state index contributed by atoms with van der Waals surface area (Å²) in [7, 11) is 0.